The fourth-order valence-corrected chi connectivity index (χ4v) is 1.64. The van der Waals surface area contributed by atoms with Crippen LogP contribution in [-0.2, 0) is 0 Å². The average molecular weight is 226 g/mol. The molecule has 0 aliphatic rings. The summed E-state index contributed by atoms with van der Waals surface area (Å²) >= 11 is 0. The molecule has 0 saturated carbocycles. The van der Waals surface area contributed by atoms with Crippen molar-refractivity contribution in [1.29, 1.82) is 0 Å². The Kier molecular flexibility index (Phi) is 4.74. The molecule has 0 spiro atoms. The van der Waals surface area contributed by atoms with E-state index in [2.05, 4.69) is 6.92 Å². The van der Waals surface area contributed by atoms with E-state index < -0.39 is 6.10 Å². The van der Waals surface area contributed by atoms with E-state index in [1.165, 1.54) is 12.1 Å². The van der Waals surface area contributed by atoms with Gasteiger partial charge in [0, 0.05) is 5.56 Å². The first-order valence-electron chi connectivity index (χ1n) is 5.68. The van der Waals surface area contributed by atoms with Crippen LogP contribution < -0.4 is 4.74 Å². The zero-order chi connectivity index (χ0) is 12.1. The Morgan fingerprint density at radius 1 is 1.38 bits per heavy atom. The Hall–Kier alpha value is -1.09. The fourth-order valence-electron chi connectivity index (χ4n) is 1.64. The number of halogens is 1. The van der Waals surface area contributed by atoms with E-state index in [4.69, 9.17) is 4.74 Å². The van der Waals surface area contributed by atoms with Crippen LogP contribution >= 0.6 is 0 Å². The standard InChI is InChI=1S/C13H19FO2/c1-4-5-9(2)16-13-7-6-11(14)8-12(13)10(3)15/h6-10,15H,4-5H2,1-3H3/t9?,10-/m0/s1. The Morgan fingerprint density at radius 3 is 2.62 bits per heavy atom. The van der Waals surface area contributed by atoms with Crippen LogP contribution in [0, 0.1) is 5.82 Å². The summed E-state index contributed by atoms with van der Waals surface area (Å²) in [5.41, 5.74) is 0.503. The Bertz CT molecular complexity index is 337. The molecule has 1 rings (SSSR count). The van der Waals surface area contributed by atoms with Gasteiger partial charge >= 0.3 is 0 Å². The molecule has 0 fully saturated rings. The van der Waals surface area contributed by atoms with Gasteiger partial charge < -0.3 is 9.84 Å². The lowest BCUT2D eigenvalue weighted by Crippen LogP contribution is -2.13. The molecule has 0 aliphatic carbocycles. The maximum atomic E-state index is 13.0. The SMILES string of the molecule is CCCC(C)Oc1ccc(F)cc1[C@H](C)O. The summed E-state index contributed by atoms with van der Waals surface area (Å²) in [4.78, 5) is 0. The molecule has 3 heteroatoms. The lowest BCUT2D eigenvalue weighted by molar-refractivity contribution is 0.173. The van der Waals surface area contributed by atoms with E-state index in [0.717, 1.165) is 12.8 Å². The van der Waals surface area contributed by atoms with Crippen molar-refractivity contribution in [2.24, 2.45) is 0 Å². The Morgan fingerprint density at radius 2 is 2.06 bits per heavy atom. The van der Waals surface area contributed by atoms with Crippen LogP contribution in [0.5, 0.6) is 5.75 Å². The van der Waals surface area contributed by atoms with Gasteiger partial charge in [-0.15, -0.1) is 0 Å². The Labute approximate surface area is 96.1 Å². The maximum absolute atomic E-state index is 13.0. The number of hydrogen-bond donors (Lipinski definition) is 1. The minimum absolute atomic E-state index is 0.0768. The van der Waals surface area contributed by atoms with Crippen molar-refractivity contribution in [1.82, 2.24) is 0 Å². The van der Waals surface area contributed by atoms with Gasteiger partial charge in [-0.25, -0.2) is 4.39 Å². The van der Waals surface area contributed by atoms with Gasteiger partial charge in [0.25, 0.3) is 0 Å². The average Bonchev–Trinajstić information content (AvgIpc) is 2.20. The van der Waals surface area contributed by atoms with Crippen LogP contribution in [-0.4, -0.2) is 11.2 Å². The summed E-state index contributed by atoms with van der Waals surface area (Å²) in [7, 11) is 0. The zero-order valence-corrected chi connectivity index (χ0v) is 10.0. The van der Waals surface area contributed by atoms with Crippen molar-refractivity contribution in [3.05, 3.63) is 29.6 Å². The minimum atomic E-state index is -0.723. The molecule has 0 bridgehead atoms. The number of benzene rings is 1. The summed E-state index contributed by atoms with van der Waals surface area (Å²) in [6.07, 6.45) is 1.33. The molecule has 0 aliphatic heterocycles. The molecule has 0 aromatic heterocycles. The van der Waals surface area contributed by atoms with Gasteiger partial charge in [-0.1, -0.05) is 13.3 Å². The van der Waals surface area contributed by atoms with Crippen molar-refractivity contribution in [3.8, 4) is 5.75 Å². The second kappa shape index (κ2) is 5.85. The first kappa shape index (κ1) is 13.0. The number of rotatable bonds is 5. The van der Waals surface area contributed by atoms with Crippen LogP contribution in [0.2, 0.25) is 0 Å². The number of ether oxygens (including phenoxy) is 1. The second-order valence-electron chi connectivity index (χ2n) is 4.08. The van der Waals surface area contributed by atoms with Crippen LogP contribution in [0.15, 0.2) is 18.2 Å². The van der Waals surface area contributed by atoms with E-state index in [1.54, 1.807) is 13.0 Å². The third kappa shape index (κ3) is 3.49. The van der Waals surface area contributed by atoms with Crippen LogP contribution in [0.3, 0.4) is 0 Å². The lowest BCUT2D eigenvalue weighted by atomic mass is 10.1. The molecular formula is C13H19FO2. The topological polar surface area (TPSA) is 29.5 Å². The van der Waals surface area contributed by atoms with Gasteiger partial charge in [0.2, 0.25) is 0 Å². The summed E-state index contributed by atoms with van der Waals surface area (Å²) in [6.45, 7) is 5.66. The molecule has 1 aromatic carbocycles. The van der Waals surface area contributed by atoms with Gasteiger partial charge in [-0.05, 0) is 38.5 Å². The van der Waals surface area contributed by atoms with Crippen molar-refractivity contribution in [3.63, 3.8) is 0 Å². The van der Waals surface area contributed by atoms with Gasteiger partial charge in [-0.3, -0.25) is 0 Å². The number of hydrogen-bond acceptors (Lipinski definition) is 2. The summed E-state index contributed by atoms with van der Waals surface area (Å²) in [6, 6.07) is 4.24. The van der Waals surface area contributed by atoms with E-state index >= 15 is 0 Å². The van der Waals surface area contributed by atoms with Crippen molar-refractivity contribution in [2.45, 2.75) is 45.8 Å². The smallest absolute Gasteiger partial charge is 0.125 e. The minimum Gasteiger partial charge on any atom is -0.490 e. The van der Waals surface area contributed by atoms with E-state index in [0.29, 0.717) is 11.3 Å². The molecule has 1 aromatic rings. The fraction of sp³-hybridized carbons (Fsp3) is 0.538. The highest BCUT2D eigenvalue weighted by Crippen LogP contribution is 2.27. The van der Waals surface area contributed by atoms with Crippen LogP contribution in [0.4, 0.5) is 4.39 Å². The van der Waals surface area contributed by atoms with Crippen LogP contribution in [0.1, 0.15) is 45.3 Å². The zero-order valence-electron chi connectivity index (χ0n) is 10.0. The number of aliphatic hydroxyl groups excluding tert-OH is 1. The monoisotopic (exact) mass is 226 g/mol. The molecule has 1 N–H and O–H groups in total. The van der Waals surface area contributed by atoms with E-state index in [1.807, 2.05) is 6.92 Å². The quantitative estimate of drug-likeness (QED) is 0.833. The summed E-state index contributed by atoms with van der Waals surface area (Å²) in [5, 5.41) is 9.53. The van der Waals surface area contributed by atoms with Crippen molar-refractivity contribution in [2.75, 3.05) is 0 Å². The van der Waals surface area contributed by atoms with Crippen molar-refractivity contribution < 1.29 is 14.2 Å². The number of aliphatic hydroxyl groups is 1. The van der Waals surface area contributed by atoms with Gasteiger partial charge in [-0.2, -0.15) is 0 Å². The summed E-state index contributed by atoms with van der Waals surface area (Å²) in [5.74, 6) is 0.212. The first-order chi connectivity index (χ1) is 7.54. The molecular weight excluding hydrogens is 207 g/mol. The van der Waals surface area contributed by atoms with E-state index in [9.17, 15) is 9.50 Å². The normalized spacial score (nSPS) is 14.6. The summed E-state index contributed by atoms with van der Waals surface area (Å²) < 4.78 is 18.7. The highest BCUT2D eigenvalue weighted by atomic mass is 19.1. The predicted octanol–water partition coefficient (Wildman–Crippen LogP) is 3.45. The molecule has 0 heterocycles. The molecule has 90 valence electrons. The van der Waals surface area contributed by atoms with Gasteiger partial charge in [0.05, 0.1) is 12.2 Å². The first-order valence-corrected chi connectivity index (χ1v) is 5.68. The molecule has 2 atom stereocenters. The third-order valence-electron chi connectivity index (χ3n) is 2.45. The molecule has 16 heavy (non-hydrogen) atoms. The molecule has 0 amide bonds. The second-order valence-corrected chi connectivity index (χ2v) is 4.08. The molecule has 0 saturated heterocycles. The Balaban J connectivity index is 2.86. The maximum Gasteiger partial charge on any atom is 0.125 e. The molecule has 1 unspecified atom stereocenters. The van der Waals surface area contributed by atoms with Gasteiger partial charge in [0.1, 0.15) is 11.6 Å². The third-order valence-corrected chi connectivity index (χ3v) is 2.45. The largest absolute Gasteiger partial charge is 0.490 e. The molecule has 0 radical (unpaired) electrons. The highest BCUT2D eigenvalue weighted by Gasteiger charge is 2.12. The van der Waals surface area contributed by atoms with Crippen molar-refractivity contribution >= 4 is 0 Å². The lowest BCUT2D eigenvalue weighted by Gasteiger charge is -2.18. The van der Waals surface area contributed by atoms with Crippen LogP contribution in [0.25, 0.3) is 0 Å². The predicted molar refractivity (Wildman–Crippen MR) is 62.0 cm³/mol. The molecule has 2 nitrogen and oxygen atoms in total. The van der Waals surface area contributed by atoms with E-state index in [-0.39, 0.29) is 11.9 Å². The van der Waals surface area contributed by atoms with Gasteiger partial charge in [0.15, 0.2) is 0 Å². The highest BCUT2D eigenvalue weighted by molar-refractivity contribution is 5.35.